The smallest absolute Gasteiger partial charge is 0.247 e. The number of carbonyl (C=O) groups is 11. The van der Waals surface area contributed by atoms with Gasteiger partial charge in [0, 0.05) is 20.0 Å². The van der Waals surface area contributed by atoms with E-state index in [9.17, 15) is 57.8 Å². The molecule has 0 aliphatic carbocycles. The van der Waals surface area contributed by atoms with E-state index in [1.165, 1.54) is 19.2 Å². The Morgan fingerprint density at radius 2 is 1.24 bits per heavy atom. The number of benzene rings is 1. The molecule has 1 aromatic rings. The van der Waals surface area contributed by atoms with Crippen LogP contribution in [0.15, 0.2) is 24.3 Å². The molecule has 0 fully saturated rings. The molecule has 24 nitrogen and oxygen atoms in total. The third-order valence-corrected chi connectivity index (χ3v) is 9.90. The van der Waals surface area contributed by atoms with Crippen molar-refractivity contribution in [2.75, 3.05) is 26.7 Å². The third kappa shape index (κ3) is 19.6. The molecule has 350 valence electrons. The first-order chi connectivity index (χ1) is 29.5. The number of phenols is 1. The Kier molecular flexibility index (Phi) is 23.4. The van der Waals surface area contributed by atoms with Crippen molar-refractivity contribution in [2.24, 2.45) is 34.8 Å². The van der Waals surface area contributed by atoms with Crippen molar-refractivity contribution in [2.45, 2.75) is 102 Å². The van der Waals surface area contributed by atoms with Gasteiger partial charge in [0.15, 0.2) is 0 Å². The maximum atomic E-state index is 13.7. The summed E-state index contributed by atoms with van der Waals surface area (Å²) >= 11 is 0. The molecule has 8 atom stereocenters. The normalized spacial score (nSPS) is 14.6. The number of nitrogens with zero attached hydrogens (tertiary/aromatic N) is 1. The van der Waals surface area contributed by atoms with Crippen molar-refractivity contribution in [1.82, 2.24) is 42.1 Å². The maximum Gasteiger partial charge on any atom is 0.247 e. The van der Waals surface area contributed by atoms with Gasteiger partial charge < -0.3 is 70.2 Å². The van der Waals surface area contributed by atoms with E-state index in [-0.39, 0.29) is 18.6 Å². The molecule has 24 heteroatoms. The van der Waals surface area contributed by atoms with Crippen LogP contribution in [-0.2, 0) is 59.2 Å². The lowest BCUT2D eigenvalue weighted by Crippen LogP contribution is -2.61. The monoisotopic (exact) mass is 890 g/mol. The first kappa shape index (κ1) is 54.2. The Morgan fingerprint density at radius 3 is 1.76 bits per heavy atom. The molecule has 1 aromatic carbocycles. The topological polar surface area (TPSA) is 400 Å². The zero-order valence-corrected chi connectivity index (χ0v) is 36.1. The van der Waals surface area contributed by atoms with Gasteiger partial charge in [-0.15, -0.1) is 0 Å². The molecule has 0 heterocycles. The van der Waals surface area contributed by atoms with Crippen LogP contribution >= 0.6 is 0 Å². The van der Waals surface area contributed by atoms with Gasteiger partial charge >= 0.3 is 0 Å². The molecule has 11 amide bonds. The second-order valence-corrected chi connectivity index (χ2v) is 15.0. The van der Waals surface area contributed by atoms with E-state index < -0.39 is 146 Å². The van der Waals surface area contributed by atoms with E-state index in [4.69, 9.17) is 22.9 Å². The van der Waals surface area contributed by atoms with E-state index in [0.717, 1.165) is 4.90 Å². The van der Waals surface area contributed by atoms with Gasteiger partial charge in [0.05, 0.1) is 25.6 Å². The Morgan fingerprint density at radius 1 is 0.698 bits per heavy atom. The molecular formula is C39H62N12O12. The Hall–Kier alpha value is -6.85. The summed E-state index contributed by atoms with van der Waals surface area (Å²) in [5.74, 6) is -9.97. The molecule has 0 saturated heterocycles. The van der Waals surface area contributed by atoms with Crippen molar-refractivity contribution in [3.05, 3.63) is 29.8 Å². The molecule has 1 rings (SSSR count). The number of likely N-dealkylation sites (N-methyl/N-ethyl adjacent to an activating group) is 1. The highest BCUT2D eigenvalue weighted by Crippen LogP contribution is 2.14. The summed E-state index contributed by atoms with van der Waals surface area (Å²) in [5.41, 5.74) is 22.6. The summed E-state index contributed by atoms with van der Waals surface area (Å²) in [6, 6.07) is -2.51. The summed E-state index contributed by atoms with van der Waals surface area (Å²) < 4.78 is 0. The van der Waals surface area contributed by atoms with E-state index in [0.29, 0.717) is 18.4 Å². The van der Waals surface area contributed by atoms with E-state index in [1.54, 1.807) is 39.8 Å². The lowest BCUT2D eigenvalue weighted by molar-refractivity contribution is -0.140. The molecular weight excluding hydrogens is 829 g/mol. The number of primary amides is 3. The standard InChI is InChI=1S/C39H62N12O12/c1-6-20(3)32(37(61)45-17-30(43)56)49-31(57)18-51(5)39(63)27(16-44-19-52)48-36(60)26(15-29(42)55)47-35(59)25(12-13-28(41)54)46-38(62)33(21(4)7-2)50-34(58)24(40)14-22-8-10-23(53)11-9-22/h8-11,19-21,24-27,32-33,53H,6-7,12-18,40H2,1-5H3,(H2,41,54)(H2,42,55)(H2,43,56)(H,44,52)(H,45,61)(H,46,62)(H,47,59)(H,48,60)(H,49,57)(H,50,58)/t20-,21-,24-,25-,26-,27-,32-,33-/m0/s1. The number of hydrogen-bond donors (Lipinski definition) is 12. The predicted molar refractivity (Wildman–Crippen MR) is 224 cm³/mol. The molecule has 0 bridgehead atoms. The predicted octanol–water partition coefficient (Wildman–Crippen LogP) is -5.28. The van der Waals surface area contributed by atoms with Crippen LogP contribution in [0, 0.1) is 11.8 Å². The number of hydrogen-bond acceptors (Lipinski definition) is 13. The van der Waals surface area contributed by atoms with Gasteiger partial charge in [0.1, 0.15) is 36.0 Å². The number of amides is 11. The van der Waals surface area contributed by atoms with Crippen molar-refractivity contribution >= 4 is 65.5 Å². The van der Waals surface area contributed by atoms with Crippen LogP contribution in [0.4, 0.5) is 0 Å². The van der Waals surface area contributed by atoms with Gasteiger partial charge in [0.2, 0.25) is 65.5 Å². The Balaban J connectivity index is 3.28. The molecule has 16 N–H and O–H groups in total. The fourth-order valence-electron chi connectivity index (χ4n) is 5.84. The minimum Gasteiger partial charge on any atom is -0.508 e. The summed E-state index contributed by atoms with van der Waals surface area (Å²) in [6.07, 6.45) is -0.601. The van der Waals surface area contributed by atoms with Crippen molar-refractivity contribution in [1.29, 1.82) is 0 Å². The van der Waals surface area contributed by atoms with Gasteiger partial charge in [0.25, 0.3) is 0 Å². The number of carbonyl (C=O) groups excluding carboxylic acids is 11. The first-order valence-electron chi connectivity index (χ1n) is 20.1. The van der Waals surface area contributed by atoms with Crippen LogP contribution in [-0.4, -0.2) is 138 Å². The van der Waals surface area contributed by atoms with Crippen LogP contribution in [0.5, 0.6) is 5.75 Å². The number of aromatic hydroxyl groups is 1. The van der Waals surface area contributed by atoms with E-state index in [2.05, 4.69) is 37.2 Å². The maximum absolute atomic E-state index is 13.7. The zero-order chi connectivity index (χ0) is 48.0. The SMILES string of the molecule is CC[C@H](C)[C@H](NC(=O)CN(C)C(=O)[C@H](CNC=O)NC(=O)[C@H](CC(N)=O)NC(=O)[C@H](CCC(N)=O)NC(=O)[C@@H](NC(=O)[C@@H](N)Cc1ccc(O)cc1)[C@@H](C)CC)C(=O)NCC(N)=O. The second kappa shape index (κ2) is 27.2. The van der Waals surface area contributed by atoms with Crippen LogP contribution in [0.3, 0.4) is 0 Å². The number of phenolic OH excluding ortho intramolecular Hbond substituents is 1. The van der Waals surface area contributed by atoms with Gasteiger partial charge in [-0.3, -0.25) is 52.7 Å². The highest BCUT2D eigenvalue weighted by atomic mass is 16.3. The van der Waals surface area contributed by atoms with Gasteiger partial charge in [-0.25, -0.2) is 0 Å². The van der Waals surface area contributed by atoms with Gasteiger partial charge in [-0.05, 0) is 42.4 Å². The van der Waals surface area contributed by atoms with Crippen LogP contribution in [0.1, 0.15) is 65.4 Å². The van der Waals surface area contributed by atoms with Crippen LogP contribution < -0.4 is 60.2 Å². The van der Waals surface area contributed by atoms with Crippen molar-refractivity contribution in [3.63, 3.8) is 0 Å². The van der Waals surface area contributed by atoms with E-state index in [1.807, 2.05) is 0 Å². The molecule has 0 aliphatic heterocycles. The average Bonchev–Trinajstić information content (AvgIpc) is 3.22. The minimum atomic E-state index is -1.80. The highest BCUT2D eigenvalue weighted by molar-refractivity contribution is 5.98. The van der Waals surface area contributed by atoms with Crippen molar-refractivity contribution in [3.8, 4) is 5.75 Å². The minimum absolute atomic E-state index is 0.0110. The quantitative estimate of drug-likeness (QED) is 0.0335. The molecule has 0 aromatic heterocycles. The number of rotatable bonds is 29. The average molecular weight is 891 g/mol. The largest absolute Gasteiger partial charge is 0.508 e. The highest BCUT2D eigenvalue weighted by Gasteiger charge is 2.35. The fourth-order valence-corrected chi connectivity index (χ4v) is 5.84. The summed E-state index contributed by atoms with van der Waals surface area (Å²) in [5, 5.41) is 26.2. The third-order valence-electron chi connectivity index (χ3n) is 9.90. The van der Waals surface area contributed by atoms with Crippen LogP contribution in [0.25, 0.3) is 0 Å². The first-order valence-corrected chi connectivity index (χ1v) is 20.1. The van der Waals surface area contributed by atoms with Crippen LogP contribution in [0.2, 0.25) is 0 Å². The Labute approximate surface area is 364 Å². The molecule has 63 heavy (non-hydrogen) atoms. The van der Waals surface area contributed by atoms with Crippen molar-refractivity contribution < 1.29 is 57.8 Å². The summed E-state index contributed by atoms with van der Waals surface area (Å²) in [4.78, 5) is 141. The van der Waals surface area contributed by atoms with Gasteiger partial charge in [-0.2, -0.15) is 0 Å². The molecule has 0 radical (unpaired) electrons. The fraction of sp³-hybridized carbons (Fsp3) is 0.564. The van der Waals surface area contributed by atoms with E-state index >= 15 is 0 Å². The zero-order valence-electron chi connectivity index (χ0n) is 36.1. The van der Waals surface area contributed by atoms with Gasteiger partial charge in [-0.1, -0.05) is 52.7 Å². The second-order valence-electron chi connectivity index (χ2n) is 15.0. The number of nitrogens with two attached hydrogens (primary N) is 4. The molecule has 0 unspecified atom stereocenters. The molecule has 0 aliphatic rings. The molecule has 0 spiro atoms. The molecule has 0 saturated carbocycles. The lowest BCUT2D eigenvalue weighted by atomic mass is 9.96. The summed E-state index contributed by atoms with van der Waals surface area (Å²) in [7, 11) is 1.18. The number of nitrogens with one attached hydrogen (secondary N) is 7. The Bertz CT molecular complexity index is 1800. The summed E-state index contributed by atoms with van der Waals surface area (Å²) in [6.45, 7) is 5.13. The lowest BCUT2D eigenvalue weighted by Gasteiger charge is -2.29.